The Labute approximate surface area is 178 Å². The van der Waals surface area contributed by atoms with E-state index in [0.29, 0.717) is 18.2 Å². The van der Waals surface area contributed by atoms with Crippen LogP contribution in [-0.4, -0.2) is 45.3 Å². The molecule has 7 heteroatoms. The Kier molecular flexibility index (Phi) is 7.15. The molecular formula is C23H30N2O4S. The van der Waals surface area contributed by atoms with Crippen LogP contribution in [0.2, 0.25) is 0 Å². The Hall–Kier alpha value is -2.38. The third-order valence-corrected chi connectivity index (χ3v) is 7.40. The number of hydrogen-bond acceptors (Lipinski definition) is 5. The lowest BCUT2D eigenvalue weighted by Gasteiger charge is -2.26. The quantitative estimate of drug-likeness (QED) is 0.673. The van der Waals surface area contributed by atoms with Crippen molar-refractivity contribution in [3.63, 3.8) is 0 Å². The smallest absolute Gasteiger partial charge is 0.255 e. The summed E-state index contributed by atoms with van der Waals surface area (Å²) >= 11 is 0. The molecule has 1 aliphatic heterocycles. The largest absolute Gasteiger partial charge is 0.496 e. The van der Waals surface area contributed by atoms with Crippen molar-refractivity contribution in [3.05, 3.63) is 59.7 Å². The average Bonchev–Trinajstić information content (AvgIpc) is 3.19. The Morgan fingerprint density at radius 3 is 2.53 bits per heavy atom. The fraction of sp³-hybridized carbons (Fsp3) is 0.435. The number of methoxy groups -OCH3 is 1. The lowest BCUT2D eigenvalue weighted by molar-refractivity contribution is 0.0925. The van der Waals surface area contributed by atoms with Gasteiger partial charge in [0.15, 0.2) is 9.84 Å². The first-order chi connectivity index (χ1) is 14.3. The third-order valence-electron chi connectivity index (χ3n) is 5.66. The standard InChI is InChI=1S/C23H30N2O4S/c1-4-30(27,28)18-11-13-22(29-3)19(15-18)23(26)25-21(20-12-10-16(2)24-20)14-17-8-6-5-7-9-17/h5-9,11,13,15-16,20-21,24H,4,10,12,14H2,1-3H3,(H,25,26). The minimum absolute atomic E-state index is 0.0269. The van der Waals surface area contributed by atoms with E-state index in [4.69, 9.17) is 4.74 Å². The Bertz CT molecular complexity index is 976. The van der Waals surface area contributed by atoms with Gasteiger partial charge >= 0.3 is 0 Å². The fourth-order valence-electron chi connectivity index (χ4n) is 3.91. The first kappa shape index (κ1) is 22.3. The number of hydrogen-bond donors (Lipinski definition) is 2. The molecule has 0 aliphatic carbocycles. The molecule has 1 aliphatic rings. The number of nitrogens with one attached hydrogen (secondary N) is 2. The van der Waals surface area contributed by atoms with Gasteiger partial charge in [-0.15, -0.1) is 0 Å². The molecular weight excluding hydrogens is 400 g/mol. The van der Waals surface area contributed by atoms with Crippen molar-refractivity contribution in [1.29, 1.82) is 0 Å². The predicted octanol–water partition coefficient (Wildman–Crippen LogP) is 2.97. The van der Waals surface area contributed by atoms with Crippen LogP contribution in [0.4, 0.5) is 0 Å². The zero-order valence-corrected chi connectivity index (χ0v) is 18.5. The SMILES string of the molecule is CCS(=O)(=O)c1ccc(OC)c(C(=O)NC(Cc2ccccc2)C2CCC(C)N2)c1. The number of benzene rings is 2. The van der Waals surface area contributed by atoms with Crippen molar-refractivity contribution in [3.8, 4) is 5.75 Å². The lowest BCUT2D eigenvalue weighted by Crippen LogP contribution is -2.49. The molecule has 3 unspecified atom stereocenters. The summed E-state index contributed by atoms with van der Waals surface area (Å²) in [5.74, 6) is -0.00276. The van der Waals surface area contributed by atoms with E-state index in [0.717, 1.165) is 18.4 Å². The van der Waals surface area contributed by atoms with E-state index in [2.05, 4.69) is 17.6 Å². The van der Waals surface area contributed by atoms with Crippen LogP contribution >= 0.6 is 0 Å². The molecule has 1 amide bonds. The Balaban J connectivity index is 1.88. The van der Waals surface area contributed by atoms with Gasteiger partial charge in [0.2, 0.25) is 0 Å². The highest BCUT2D eigenvalue weighted by Gasteiger charge is 2.30. The van der Waals surface area contributed by atoms with Crippen LogP contribution in [0.5, 0.6) is 5.75 Å². The molecule has 2 aromatic rings. The van der Waals surface area contributed by atoms with E-state index >= 15 is 0 Å². The lowest BCUT2D eigenvalue weighted by atomic mass is 9.97. The van der Waals surface area contributed by atoms with Crippen LogP contribution in [0.3, 0.4) is 0 Å². The number of sulfone groups is 1. The van der Waals surface area contributed by atoms with Gasteiger partial charge in [-0.3, -0.25) is 4.79 Å². The zero-order chi connectivity index (χ0) is 21.7. The highest BCUT2D eigenvalue weighted by Crippen LogP contribution is 2.24. The van der Waals surface area contributed by atoms with Gasteiger partial charge in [-0.25, -0.2) is 8.42 Å². The van der Waals surface area contributed by atoms with Crippen molar-refractivity contribution in [2.75, 3.05) is 12.9 Å². The molecule has 1 heterocycles. The molecule has 6 nitrogen and oxygen atoms in total. The number of rotatable bonds is 8. The van der Waals surface area contributed by atoms with Crippen LogP contribution in [0, 0.1) is 0 Å². The minimum Gasteiger partial charge on any atom is -0.496 e. The highest BCUT2D eigenvalue weighted by molar-refractivity contribution is 7.91. The summed E-state index contributed by atoms with van der Waals surface area (Å²) in [4.78, 5) is 13.3. The second-order valence-electron chi connectivity index (χ2n) is 7.79. The van der Waals surface area contributed by atoms with E-state index < -0.39 is 9.84 Å². The van der Waals surface area contributed by atoms with E-state index in [-0.39, 0.29) is 34.2 Å². The number of carbonyl (C=O) groups is 1. The third kappa shape index (κ3) is 5.21. The van der Waals surface area contributed by atoms with Gasteiger partial charge < -0.3 is 15.4 Å². The second-order valence-corrected chi connectivity index (χ2v) is 10.1. The van der Waals surface area contributed by atoms with Gasteiger partial charge in [0.05, 0.1) is 23.3 Å². The van der Waals surface area contributed by atoms with Crippen LogP contribution in [-0.2, 0) is 16.3 Å². The maximum Gasteiger partial charge on any atom is 0.255 e. The zero-order valence-electron chi connectivity index (χ0n) is 17.7. The van der Waals surface area contributed by atoms with E-state index in [9.17, 15) is 13.2 Å². The molecule has 162 valence electrons. The summed E-state index contributed by atoms with van der Waals surface area (Å²) in [6, 6.07) is 14.9. The van der Waals surface area contributed by atoms with Crippen LogP contribution < -0.4 is 15.4 Å². The fourth-order valence-corrected chi connectivity index (χ4v) is 4.82. The molecule has 0 bridgehead atoms. The van der Waals surface area contributed by atoms with Crippen LogP contribution in [0.15, 0.2) is 53.4 Å². The summed E-state index contributed by atoms with van der Waals surface area (Å²) < 4.78 is 29.9. The molecule has 2 aromatic carbocycles. The van der Waals surface area contributed by atoms with Crippen molar-refractivity contribution >= 4 is 15.7 Å². The monoisotopic (exact) mass is 430 g/mol. The molecule has 2 N–H and O–H groups in total. The first-order valence-corrected chi connectivity index (χ1v) is 12.0. The maximum absolute atomic E-state index is 13.2. The molecule has 1 saturated heterocycles. The van der Waals surface area contributed by atoms with Crippen molar-refractivity contribution in [2.24, 2.45) is 0 Å². The highest BCUT2D eigenvalue weighted by atomic mass is 32.2. The van der Waals surface area contributed by atoms with Crippen LogP contribution in [0.1, 0.15) is 42.6 Å². The summed E-state index contributed by atoms with van der Waals surface area (Å²) in [5.41, 5.74) is 1.37. The average molecular weight is 431 g/mol. The number of amides is 1. The van der Waals surface area contributed by atoms with Crippen LogP contribution in [0.25, 0.3) is 0 Å². The van der Waals surface area contributed by atoms with Gasteiger partial charge in [-0.1, -0.05) is 37.3 Å². The van der Waals surface area contributed by atoms with Gasteiger partial charge in [0, 0.05) is 18.1 Å². The Morgan fingerprint density at radius 1 is 1.20 bits per heavy atom. The molecule has 0 spiro atoms. The maximum atomic E-state index is 13.2. The predicted molar refractivity (Wildman–Crippen MR) is 118 cm³/mol. The molecule has 1 fully saturated rings. The van der Waals surface area contributed by atoms with Gasteiger partial charge in [-0.2, -0.15) is 0 Å². The first-order valence-electron chi connectivity index (χ1n) is 10.4. The van der Waals surface area contributed by atoms with Crippen molar-refractivity contribution < 1.29 is 17.9 Å². The van der Waals surface area contributed by atoms with Gasteiger partial charge in [0.25, 0.3) is 5.91 Å². The normalized spacial score (nSPS) is 20.0. The summed E-state index contributed by atoms with van der Waals surface area (Å²) in [6.45, 7) is 3.73. The number of carbonyl (C=O) groups excluding carboxylic acids is 1. The summed E-state index contributed by atoms with van der Waals surface area (Å²) in [5, 5.41) is 6.70. The molecule has 3 rings (SSSR count). The Morgan fingerprint density at radius 2 is 1.93 bits per heavy atom. The molecule has 3 atom stereocenters. The minimum atomic E-state index is -3.43. The van der Waals surface area contributed by atoms with Gasteiger partial charge in [-0.05, 0) is 49.9 Å². The second kappa shape index (κ2) is 9.62. The topological polar surface area (TPSA) is 84.5 Å². The van der Waals surface area contributed by atoms with Crippen molar-refractivity contribution in [1.82, 2.24) is 10.6 Å². The molecule has 0 saturated carbocycles. The van der Waals surface area contributed by atoms with E-state index in [1.54, 1.807) is 13.0 Å². The molecule has 0 aromatic heterocycles. The van der Waals surface area contributed by atoms with E-state index in [1.165, 1.54) is 19.2 Å². The molecule has 30 heavy (non-hydrogen) atoms. The summed E-state index contributed by atoms with van der Waals surface area (Å²) in [7, 11) is -1.95. The van der Waals surface area contributed by atoms with Gasteiger partial charge in [0.1, 0.15) is 5.75 Å². The van der Waals surface area contributed by atoms with Crippen molar-refractivity contribution in [2.45, 2.75) is 56.1 Å². The summed E-state index contributed by atoms with van der Waals surface area (Å²) in [6.07, 6.45) is 2.71. The number of ether oxygens (including phenoxy) is 1. The van der Waals surface area contributed by atoms with E-state index in [1.807, 2.05) is 30.3 Å². The molecule has 0 radical (unpaired) electrons.